The highest BCUT2D eigenvalue weighted by Gasteiger charge is 2.18. The highest BCUT2D eigenvalue weighted by atomic mass is 79.9. The van der Waals surface area contributed by atoms with Crippen molar-refractivity contribution in [3.05, 3.63) is 99.7 Å². The van der Waals surface area contributed by atoms with Crippen molar-refractivity contribution in [1.29, 1.82) is 0 Å². The van der Waals surface area contributed by atoms with Gasteiger partial charge in [0.25, 0.3) is 0 Å². The zero-order chi connectivity index (χ0) is 27.9. The zero-order valence-corrected chi connectivity index (χ0v) is 22.6. The molecule has 0 aliphatic rings. The van der Waals surface area contributed by atoms with Crippen LogP contribution in [-0.2, 0) is 0 Å². The van der Waals surface area contributed by atoms with Crippen LogP contribution >= 0.6 is 31.9 Å². The molecule has 0 aromatic carbocycles. The van der Waals surface area contributed by atoms with Crippen LogP contribution in [0.15, 0.2) is 82.5 Å². The van der Waals surface area contributed by atoms with Crippen LogP contribution in [0.25, 0.3) is 27.8 Å². The van der Waals surface area contributed by atoms with E-state index in [1.807, 2.05) is 0 Å². The van der Waals surface area contributed by atoms with E-state index < -0.39 is 11.9 Å². The zero-order valence-electron chi connectivity index (χ0n) is 19.4. The third kappa shape index (κ3) is 6.63. The molecule has 15 heteroatoms. The Kier molecular flexibility index (Phi) is 8.63. The van der Waals surface area contributed by atoms with E-state index in [1.165, 1.54) is 16.9 Å². The van der Waals surface area contributed by atoms with Crippen molar-refractivity contribution in [2.45, 2.75) is 0 Å². The van der Waals surface area contributed by atoms with Crippen LogP contribution in [-0.4, -0.2) is 62.1 Å². The lowest BCUT2D eigenvalue weighted by Gasteiger charge is -2.01. The Morgan fingerprint density at radius 3 is 2.15 bits per heavy atom. The number of aromatic nitrogens is 8. The summed E-state index contributed by atoms with van der Waals surface area (Å²) in [4.78, 5) is 37.4. The van der Waals surface area contributed by atoms with Crippen LogP contribution in [0.5, 0.6) is 0 Å². The van der Waals surface area contributed by atoms with Crippen molar-refractivity contribution >= 4 is 65.9 Å². The average molecular weight is 658 g/mol. The van der Waals surface area contributed by atoms with Gasteiger partial charge in [0.05, 0.1) is 28.9 Å². The molecule has 0 unspecified atom stereocenters. The molecule has 0 spiro atoms. The van der Waals surface area contributed by atoms with E-state index >= 15 is 0 Å². The molecule has 0 atom stereocenters. The summed E-state index contributed by atoms with van der Waals surface area (Å²) in [5.41, 5.74) is 1.61. The van der Waals surface area contributed by atoms with Crippen molar-refractivity contribution in [2.24, 2.45) is 0 Å². The molecule has 6 heterocycles. The van der Waals surface area contributed by atoms with Crippen LogP contribution in [0.4, 0.5) is 4.39 Å². The van der Waals surface area contributed by atoms with E-state index in [4.69, 9.17) is 10.2 Å². The predicted octanol–water partition coefficient (Wildman–Crippen LogP) is 4.92. The molecule has 12 nitrogen and oxygen atoms in total. The van der Waals surface area contributed by atoms with Gasteiger partial charge in [-0.2, -0.15) is 10.2 Å². The normalized spacial score (nSPS) is 10.3. The minimum absolute atomic E-state index is 0.0249. The molecule has 0 radical (unpaired) electrons. The van der Waals surface area contributed by atoms with Gasteiger partial charge in [-0.1, -0.05) is 0 Å². The molecule has 3 N–H and O–H groups in total. The van der Waals surface area contributed by atoms with E-state index in [0.717, 1.165) is 10.7 Å². The number of aromatic carboxylic acids is 2. The second-order valence-electron chi connectivity index (χ2n) is 7.40. The summed E-state index contributed by atoms with van der Waals surface area (Å²) in [6.45, 7) is 0. The number of nitrogens with one attached hydrogen (secondary N) is 1. The van der Waals surface area contributed by atoms with Gasteiger partial charge in [0, 0.05) is 33.7 Å². The van der Waals surface area contributed by atoms with Crippen LogP contribution in [0.1, 0.15) is 21.0 Å². The number of hydrogen-bond acceptors (Lipinski definition) is 8. The molecule has 0 fully saturated rings. The smallest absolute Gasteiger partial charge is 0.357 e. The van der Waals surface area contributed by atoms with Gasteiger partial charge in [-0.3, -0.25) is 15.1 Å². The summed E-state index contributed by atoms with van der Waals surface area (Å²) in [5.74, 6) is -2.43. The summed E-state index contributed by atoms with van der Waals surface area (Å²) in [6, 6.07) is 9.84. The Hall–Kier alpha value is -4.63. The summed E-state index contributed by atoms with van der Waals surface area (Å²) >= 11 is 6.38. The molecule has 0 aliphatic carbocycles. The Morgan fingerprint density at radius 1 is 0.872 bits per heavy atom. The molecule has 39 heavy (non-hydrogen) atoms. The first-order chi connectivity index (χ1) is 18.7. The van der Waals surface area contributed by atoms with Crippen LogP contribution in [0, 0.1) is 5.82 Å². The number of nitrogens with zero attached hydrogens (tertiary/aromatic N) is 7. The van der Waals surface area contributed by atoms with Gasteiger partial charge < -0.3 is 10.2 Å². The van der Waals surface area contributed by atoms with E-state index in [2.05, 4.69) is 67.1 Å². The number of fused-ring (bicyclic) bond motifs is 2. The lowest BCUT2D eigenvalue weighted by Crippen LogP contribution is -2.02. The lowest BCUT2D eigenvalue weighted by atomic mass is 10.2. The molecule has 0 amide bonds. The Morgan fingerprint density at radius 2 is 1.54 bits per heavy atom. The third-order valence-electron chi connectivity index (χ3n) is 4.80. The van der Waals surface area contributed by atoms with Gasteiger partial charge in [-0.05, 0) is 68.3 Å². The number of pyridine rings is 4. The summed E-state index contributed by atoms with van der Waals surface area (Å²) < 4.78 is 15.0. The number of carboxylic acid groups (broad SMARTS) is 2. The maximum atomic E-state index is 12.1. The topological polar surface area (TPSA) is 173 Å². The molecule has 0 aliphatic heterocycles. The Bertz CT molecular complexity index is 1780. The van der Waals surface area contributed by atoms with E-state index in [0.29, 0.717) is 32.2 Å². The molecule has 0 saturated heterocycles. The largest absolute Gasteiger partial charge is 0.477 e. The van der Waals surface area contributed by atoms with Crippen molar-refractivity contribution in [2.75, 3.05) is 0 Å². The number of carboxylic acids is 2. The molecule has 6 aromatic rings. The second kappa shape index (κ2) is 12.3. The van der Waals surface area contributed by atoms with Gasteiger partial charge in [0.15, 0.2) is 22.7 Å². The quantitative estimate of drug-likeness (QED) is 0.237. The fourth-order valence-corrected chi connectivity index (χ4v) is 3.90. The molecule has 6 aromatic heterocycles. The first kappa shape index (κ1) is 27.4. The first-order valence-corrected chi connectivity index (χ1v) is 12.3. The molecule has 196 valence electrons. The number of aromatic amines is 1. The maximum Gasteiger partial charge on any atom is 0.357 e. The number of rotatable bonds is 3. The molecular formula is C24H15Br2FN8O4. The average Bonchev–Trinajstić information content (AvgIpc) is 3.52. The molecule has 6 rings (SSSR count). The Labute approximate surface area is 234 Å². The van der Waals surface area contributed by atoms with E-state index in [1.54, 1.807) is 55.1 Å². The second-order valence-corrected chi connectivity index (χ2v) is 9.23. The number of H-pyrrole nitrogens is 1. The maximum absolute atomic E-state index is 12.1. The minimum Gasteiger partial charge on any atom is -0.477 e. The summed E-state index contributed by atoms with van der Waals surface area (Å²) in [6.07, 6.45) is 9.08. The monoisotopic (exact) mass is 656 g/mol. The van der Waals surface area contributed by atoms with E-state index in [9.17, 15) is 14.0 Å². The van der Waals surface area contributed by atoms with Gasteiger partial charge in [-0.15, -0.1) is 0 Å². The predicted molar refractivity (Wildman–Crippen MR) is 144 cm³/mol. The van der Waals surface area contributed by atoms with Crippen molar-refractivity contribution < 1.29 is 24.2 Å². The van der Waals surface area contributed by atoms with E-state index in [-0.39, 0.29) is 17.2 Å². The van der Waals surface area contributed by atoms with Crippen molar-refractivity contribution in [3.63, 3.8) is 0 Å². The number of halogens is 3. The fraction of sp³-hybridized carbons (Fsp3) is 0. The van der Waals surface area contributed by atoms with Crippen molar-refractivity contribution in [1.82, 2.24) is 39.9 Å². The van der Waals surface area contributed by atoms with Gasteiger partial charge >= 0.3 is 11.9 Å². The van der Waals surface area contributed by atoms with Crippen LogP contribution < -0.4 is 0 Å². The molecule has 0 saturated carbocycles. The first-order valence-electron chi connectivity index (χ1n) is 10.7. The van der Waals surface area contributed by atoms with Gasteiger partial charge in [0.1, 0.15) is 5.82 Å². The summed E-state index contributed by atoms with van der Waals surface area (Å²) in [5, 5.41) is 29.1. The van der Waals surface area contributed by atoms with Gasteiger partial charge in [-0.25, -0.2) is 28.6 Å². The number of hydrogen-bond donors (Lipinski definition) is 3. The number of carbonyl (C=O) groups is 2. The van der Waals surface area contributed by atoms with Crippen LogP contribution in [0.2, 0.25) is 0 Å². The SMILES string of the molecule is Fc1cncc(Br)c1.O=C(O)c1[nH]nc2ncccc12.O=C(O)c1nn(-c2cncc(Br)c2)c2ncccc12. The Balaban J connectivity index is 0.000000150. The van der Waals surface area contributed by atoms with Gasteiger partial charge in [0.2, 0.25) is 0 Å². The summed E-state index contributed by atoms with van der Waals surface area (Å²) in [7, 11) is 0. The standard InChI is InChI=1S/C12H7BrN4O2.C7H5N3O2.C5H3BrFN/c13-7-4-8(6-14-5-7)17-11-9(2-1-3-15-11)10(16-17)12(18)19;11-7(12)5-4-2-1-3-8-6(4)10-9-5;6-4-1-5(7)3-8-2-4/h1-6H,(H,18,19);1-3H,(H,11,12)(H,8,9,10);1-3H. The highest BCUT2D eigenvalue weighted by molar-refractivity contribution is 9.10. The molecular weight excluding hydrogens is 643 g/mol. The molecule has 0 bridgehead atoms. The van der Waals surface area contributed by atoms with Crippen molar-refractivity contribution in [3.8, 4) is 5.69 Å². The third-order valence-corrected chi connectivity index (χ3v) is 5.66. The lowest BCUT2D eigenvalue weighted by molar-refractivity contribution is 0.0681. The highest BCUT2D eigenvalue weighted by Crippen LogP contribution is 2.21. The fourth-order valence-electron chi connectivity index (χ4n) is 3.21. The minimum atomic E-state index is -1.08. The van der Waals surface area contributed by atoms with Crippen LogP contribution in [0.3, 0.4) is 0 Å².